The normalized spacial score (nSPS) is 10.6. The number of phenolic OH excluding ortho intramolecular Hbond substituents is 1. The molecule has 192 valence electrons. The Morgan fingerprint density at radius 1 is 0.789 bits per heavy atom. The number of phenols is 1. The number of rotatable bonds is 6. The van der Waals surface area contributed by atoms with E-state index in [9.17, 15) is 29.3 Å². The molecule has 2 heterocycles. The van der Waals surface area contributed by atoms with Crippen LogP contribution < -0.4 is 9.80 Å². The number of aromatic nitrogens is 2. The molecule has 13 heteroatoms. The van der Waals surface area contributed by atoms with Gasteiger partial charge in [-0.15, -0.1) is 0 Å². The molecule has 0 atom stereocenters. The minimum absolute atomic E-state index is 0.00398. The highest BCUT2D eigenvalue weighted by Crippen LogP contribution is 2.37. The van der Waals surface area contributed by atoms with Crippen molar-refractivity contribution in [2.24, 2.45) is 0 Å². The van der Waals surface area contributed by atoms with E-state index in [2.05, 4.69) is 9.97 Å². The summed E-state index contributed by atoms with van der Waals surface area (Å²) in [5.74, 6) is -3.81. The summed E-state index contributed by atoms with van der Waals surface area (Å²) in [4.78, 5) is 34.6. The fourth-order valence-electron chi connectivity index (χ4n) is 3.48. The summed E-state index contributed by atoms with van der Waals surface area (Å²) in [7, 11) is 0. The van der Waals surface area contributed by atoms with Crippen LogP contribution >= 0.6 is 35.4 Å². The first kappa shape index (κ1) is 26.7. The number of pyridine rings is 2. The standard InChI is InChI=1S/C25H15Cl2FN4O5S/c26-19-3-1-5-21(29-19)31(16-10-13(23(34)35)9-14(11-16)24(36)37)25(38)32(22-6-2-4-20(27)30-22)17-8-7-15(28)12-18(17)33/h1-12,33H,(H,34,35)(H,36,37). The third-order valence-corrected chi connectivity index (χ3v) is 5.88. The predicted molar refractivity (Wildman–Crippen MR) is 144 cm³/mol. The zero-order chi connectivity index (χ0) is 27.6. The van der Waals surface area contributed by atoms with Crippen LogP contribution in [0.5, 0.6) is 5.75 Å². The van der Waals surface area contributed by atoms with E-state index in [0.29, 0.717) is 0 Å². The van der Waals surface area contributed by atoms with Crippen molar-refractivity contribution in [2.45, 2.75) is 0 Å². The molecule has 4 rings (SSSR count). The van der Waals surface area contributed by atoms with E-state index in [4.69, 9.17) is 35.4 Å². The average Bonchev–Trinajstić information content (AvgIpc) is 2.85. The maximum atomic E-state index is 13.9. The van der Waals surface area contributed by atoms with Crippen LogP contribution in [0.3, 0.4) is 0 Å². The van der Waals surface area contributed by atoms with Crippen LogP contribution in [0.4, 0.5) is 27.4 Å². The van der Waals surface area contributed by atoms with Crippen molar-refractivity contribution < 1.29 is 29.3 Å². The molecule has 2 aromatic heterocycles. The first-order valence-corrected chi connectivity index (χ1v) is 11.7. The summed E-state index contributed by atoms with van der Waals surface area (Å²) in [6, 6.07) is 15.7. The minimum atomic E-state index is -1.39. The van der Waals surface area contributed by atoms with Crippen molar-refractivity contribution in [3.8, 4) is 5.75 Å². The predicted octanol–water partition coefficient (Wildman–Crippen LogP) is 6.29. The van der Waals surface area contributed by atoms with E-state index in [1.54, 1.807) is 12.1 Å². The molecule has 0 aliphatic rings. The van der Waals surface area contributed by atoms with Gasteiger partial charge in [0.1, 0.15) is 33.5 Å². The van der Waals surface area contributed by atoms with Crippen molar-refractivity contribution in [1.29, 1.82) is 0 Å². The van der Waals surface area contributed by atoms with Gasteiger partial charge >= 0.3 is 11.9 Å². The summed E-state index contributed by atoms with van der Waals surface area (Å²) >= 11 is 18.0. The number of hydrogen-bond acceptors (Lipinski definition) is 6. The van der Waals surface area contributed by atoms with Crippen LogP contribution in [0.15, 0.2) is 72.8 Å². The van der Waals surface area contributed by atoms with E-state index >= 15 is 0 Å². The highest BCUT2D eigenvalue weighted by Gasteiger charge is 2.29. The SMILES string of the molecule is O=C(O)c1cc(C(=O)O)cc(N(C(=S)N(c2cccc(Cl)n2)c2ccc(F)cc2O)c2cccc(Cl)n2)c1. The number of anilines is 4. The van der Waals surface area contributed by atoms with Gasteiger partial charge in [0.05, 0.1) is 22.5 Å². The minimum Gasteiger partial charge on any atom is -0.506 e. The number of thiocarbonyl (C=S) groups is 1. The van der Waals surface area contributed by atoms with E-state index in [1.165, 1.54) is 52.3 Å². The maximum absolute atomic E-state index is 13.9. The number of aromatic hydroxyl groups is 1. The Kier molecular flexibility index (Phi) is 7.72. The van der Waals surface area contributed by atoms with Gasteiger partial charge in [-0.3, -0.25) is 9.80 Å². The summed E-state index contributed by atoms with van der Waals surface area (Å²) in [6.45, 7) is 0. The van der Waals surface area contributed by atoms with E-state index in [0.717, 1.165) is 18.2 Å². The van der Waals surface area contributed by atoms with Crippen molar-refractivity contribution >= 4 is 75.5 Å². The molecular formula is C25H15Cl2FN4O5S. The van der Waals surface area contributed by atoms with Crippen molar-refractivity contribution in [1.82, 2.24) is 9.97 Å². The van der Waals surface area contributed by atoms with E-state index in [1.807, 2.05) is 0 Å². The lowest BCUT2D eigenvalue weighted by Gasteiger charge is -2.33. The molecule has 9 nitrogen and oxygen atoms in total. The molecule has 38 heavy (non-hydrogen) atoms. The Hall–Kier alpha value is -4.32. The fourth-order valence-corrected chi connectivity index (χ4v) is 4.19. The van der Waals surface area contributed by atoms with Gasteiger partial charge in [-0.2, -0.15) is 0 Å². The van der Waals surface area contributed by atoms with Crippen molar-refractivity contribution in [2.75, 3.05) is 9.80 Å². The smallest absolute Gasteiger partial charge is 0.335 e. The van der Waals surface area contributed by atoms with Gasteiger partial charge in [0.2, 0.25) is 0 Å². The van der Waals surface area contributed by atoms with Crippen molar-refractivity contribution in [3.05, 3.63) is 100 Å². The van der Waals surface area contributed by atoms with Gasteiger partial charge in [-0.25, -0.2) is 23.9 Å². The summed E-state index contributed by atoms with van der Waals surface area (Å²) in [5.41, 5.74) is -0.694. The Labute approximate surface area is 229 Å². The van der Waals surface area contributed by atoms with Crippen LogP contribution in [0, 0.1) is 5.82 Å². The number of benzene rings is 2. The van der Waals surface area contributed by atoms with Gasteiger partial charge in [-0.05, 0) is 66.8 Å². The first-order chi connectivity index (χ1) is 18.0. The molecule has 0 spiro atoms. The summed E-state index contributed by atoms with van der Waals surface area (Å²) in [5, 5.41) is 29.8. The lowest BCUT2D eigenvalue weighted by molar-refractivity contribution is 0.0696. The third-order valence-electron chi connectivity index (χ3n) is 5.09. The largest absolute Gasteiger partial charge is 0.506 e. The van der Waals surface area contributed by atoms with Gasteiger partial charge in [-0.1, -0.05) is 35.3 Å². The topological polar surface area (TPSA) is 127 Å². The second kappa shape index (κ2) is 11.0. The maximum Gasteiger partial charge on any atom is 0.335 e. The fraction of sp³-hybridized carbons (Fsp3) is 0. The molecule has 0 radical (unpaired) electrons. The van der Waals surface area contributed by atoms with Crippen LogP contribution in [-0.2, 0) is 0 Å². The average molecular weight is 573 g/mol. The van der Waals surface area contributed by atoms with Gasteiger partial charge in [0.25, 0.3) is 0 Å². The van der Waals surface area contributed by atoms with Crippen LogP contribution in [0.2, 0.25) is 10.3 Å². The zero-order valence-corrected chi connectivity index (χ0v) is 21.2. The summed E-state index contributed by atoms with van der Waals surface area (Å²) < 4.78 is 13.9. The molecule has 0 amide bonds. The number of nitrogens with zero attached hydrogens (tertiary/aromatic N) is 4. The Bertz CT molecular complexity index is 1560. The molecule has 0 fully saturated rings. The van der Waals surface area contributed by atoms with E-state index < -0.39 is 23.5 Å². The Morgan fingerprint density at radius 2 is 1.32 bits per heavy atom. The lowest BCUT2D eigenvalue weighted by Crippen LogP contribution is -2.39. The first-order valence-electron chi connectivity index (χ1n) is 10.5. The number of halogens is 3. The molecular weight excluding hydrogens is 558 g/mol. The van der Waals surface area contributed by atoms with Crippen LogP contribution in [0.25, 0.3) is 0 Å². The molecule has 0 saturated heterocycles. The van der Waals surface area contributed by atoms with Crippen molar-refractivity contribution in [3.63, 3.8) is 0 Å². The number of carbonyl (C=O) groups is 2. The molecule has 2 aromatic carbocycles. The monoisotopic (exact) mass is 572 g/mol. The highest BCUT2D eigenvalue weighted by molar-refractivity contribution is 7.80. The molecule has 0 aliphatic heterocycles. The van der Waals surface area contributed by atoms with Crippen LogP contribution in [-0.4, -0.2) is 42.3 Å². The molecule has 3 N–H and O–H groups in total. The molecule has 0 aliphatic carbocycles. The zero-order valence-electron chi connectivity index (χ0n) is 18.9. The molecule has 0 bridgehead atoms. The van der Waals surface area contributed by atoms with E-state index in [-0.39, 0.29) is 49.6 Å². The number of aromatic carboxylic acids is 2. The number of carboxylic acids is 2. The number of hydrogen-bond donors (Lipinski definition) is 3. The molecule has 0 saturated carbocycles. The third kappa shape index (κ3) is 5.65. The van der Waals surface area contributed by atoms with Gasteiger partial charge < -0.3 is 15.3 Å². The molecule has 4 aromatic rings. The molecule has 0 unspecified atom stereocenters. The summed E-state index contributed by atoms with van der Waals surface area (Å²) in [6.07, 6.45) is 0. The Balaban J connectivity index is 2.01. The second-order valence-electron chi connectivity index (χ2n) is 7.60. The number of carboxylic acid groups (broad SMARTS) is 2. The van der Waals surface area contributed by atoms with Crippen LogP contribution in [0.1, 0.15) is 20.7 Å². The van der Waals surface area contributed by atoms with Gasteiger partial charge in [0.15, 0.2) is 5.11 Å². The lowest BCUT2D eigenvalue weighted by atomic mass is 10.1. The Morgan fingerprint density at radius 3 is 1.79 bits per heavy atom. The highest BCUT2D eigenvalue weighted by atomic mass is 35.5. The quantitative estimate of drug-likeness (QED) is 0.179. The van der Waals surface area contributed by atoms with Gasteiger partial charge in [0, 0.05) is 6.07 Å². The second-order valence-corrected chi connectivity index (χ2v) is 8.74.